The number of hydrogen-bond donors (Lipinski definition) is 0. The molecule has 1 fully saturated rings. The third-order valence-electron chi connectivity index (χ3n) is 2.18. The van der Waals surface area contributed by atoms with Crippen LogP contribution in [0.15, 0.2) is 5.10 Å². The van der Waals surface area contributed by atoms with E-state index in [0.717, 1.165) is 31.4 Å². The third kappa shape index (κ3) is 1.91. The third-order valence-corrected chi connectivity index (χ3v) is 3.28. The molecule has 0 radical (unpaired) electrons. The fourth-order valence-electron chi connectivity index (χ4n) is 1.50. The Morgan fingerprint density at radius 2 is 2.46 bits per heavy atom. The normalized spacial score (nSPS) is 27.5. The molecule has 1 saturated heterocycles. The van der Waals surface area contributed by atoms with Crippen LogP contribution in [-0.4, -0.2) is 53.8 Å². The number of fused-ring (bicyclic) bond motifs is 1. The van der Waals surface area contributed by atoms with Crippen LogP contribution in [0.3, 0.4) is 0 Å². The van der Waals surface area contributed by atoms with Crippen molar-refractivity contribution in [2.75, 3.05) is 33.3 Å². The Balaban J connectivity index is 1.99. The number of hydrogen-bond acceptors (Lipinski definition) is 5. The van der Waals surface area contributed by atoms with Crippen molar-refractivity contribution in [3.8, 4) is 0 Å². The maximum Gasteiger partial charge on any atom is 0.185 e. The molecule has 2 rings (SSSR count). The number of hydrazone groups is 1. The van der Waals surface area contributed by atoms with Gasteiger partial charge < -0.3 is 9.64 Å². The Bertz CT molecular complexity index is 221. The zero-order valence-corrected chi connectivity index (χ0v) is 8.88. The SMILES string of the molecule is CCOC1CN2CCN(C)N=C2S1. The van der Waals surface area contributed by atoms with Crippen molar-refractivity contribution in [2.24, 2.45) is 5.10 Å². The van der Waals surface area contributed by atoms with E-state index in [1.165, 1.54) is 0 Å². The fourth-order valence-corrected chi connectivity index (χ4v) is 2.69. The maximum atomic E-state index is 5.55. The second kappa shape index (κ2) is 3.75. The summed E-state index contributed by atoms with van der Waals surface area (Å²) in [4.78, 5) is 2.30. The van der Waals surface area contributed by atoms with Gasteiger partial charge in [-0.1, -0.05) is 11.8 Å². The van der Waals surface area contributed by atoms with Crippen LogP contribution in [0.5, 0.6) is 0 Å². The standard InChI is InChI=1S/C8H15N3OS/c1-3-12-7-6-11-5-4-10(2)9-8(11)13-7/h7H,3-6H2,1-2H3. The van der Waals surface area contributed by atoms with Crippen molar-refractivity contribution >= 4 is 16.9 Å². The molecule has 74 valence electrons. The molecule has 4 nitrogen and oxygen atoms in total. The number of amidine groups is 1. The Kier molecular flexibility index (Phi) is 2.64. The molecule has 0 N–H and O–H groups in total. The van der Waals surface area contributed by atoms with Crippen LogP contribution in [0, 0.1) is 0 Å². The topological polar surface area (TPSA) is 28.1 Å². The van der Waals surface area contributed by atoms with Gasteiger partial charge in [0.1, 0.15) is 5.44 Å². The number of ether oxygens (including phenoxy) is 1. The van der Waals surface area contributed by atoms with Crippen molar-refractivity contribution in [2.45, 2.75) is 12.4 Å². The first-order valence-electron chi connectivity index (χ1n) is 4.62. The molecular formula is C8H15N3OS. The van der Waals surface area contributed by atoms with Crippen LogP contribution >= 0.6 is 11.8 Å². The van der Waals surface area contributed by atoms with Crippen LogP contribution < -0.4 is 0 Å². The summed E-state index contributed by atoms with van der Waals surface area (Å²) >= 11 is 1.73. The van der Waals surface area contributed by atoms with E-state index in [1.807, 2.05) is 19.0 Å². The van der Waals surface area contributed by atoms with Gasteiger partial charge in [-0.25, -0.2) is 0 Å². The highest BCUT2D eigenvalue weighted by atomic mass is 32.2. The molecule has 1 atom stereocenters. The van der Waals surface area contributed by atoms with E-state index in [9.17, 15) is 0 Å². The number of rotatable bonds is 2. The first-order chi connectivity index (χ1) is 6.29. The molecule has 0 aliphatic carbocycles. The van der Waals surface area contributed by atoms with Gasteiger partial charge in [0, 0.05) is 20.2 Å². The highest BCUT2D eigenvalue weighted by molar-refractivity contribution is 8.14. The van der Waals surface area contributed by atoms with Crippen molar-refractivity contribution in [3.63, 3.8) is 0 Å². The molecule has 0 aromatic rings. The lowest BCUT2D eigenvalue weighted by atomic mass is 10.5. The van der Waals surface area contributed by atoms with Crippen LogP contribution in [0.1, 0.15) is 6.92 Å². The van der Waals surface area contributed by atoms with Gasteiger partial charge in [0.05, 0.1) is 13.1 Å². The summed E-state index contributed by atoms with van der Waals surface area (Å²) < 4.78 is 5.55. The molecule has 2 aliphatic heterocycles. The van der Waals surface area contributed by atoms with Crippen LogP contribution in [0.4, 0.5) is 0 Å². The van der Waals surface area contributed by atoms with Crippen LogP contribution in [0.25, 0.3) is 0 Å². The molecule has 0 saturated carbocycles. The predicted octanol–water partition coefficient (Wildman–Crippen LogP) is 0.614. The molecular weight excluding hydrogens is 186 g/mol. The summed E-state index contributed by atoms with van der Waals surface area (Å²) in [7, 11) is 2.01. The lowest BCUT2D eigenvalue weighted by Crippen LogP contribution is -2.38. The summed E-state index contributed by atoms with van der Waals surface area (Å²) in [6, 6.07) is 0. The van der Waals surface area contributed by atoms with E-state index >= 15 is 0 Å². The first-order valence-corrected chi connectivity index (χ1v) is 5.50. The van der Waals surface area contributed by atoms with Gasteiger partial charge in [-0.15, -0.1) is 0 Å². The summed E-state index contributed by atoms with van der Waals surface area (Å²) in [6.07, 6.45) is 0. The van der Waals surface area contributed by atoms with Crippen LogP contribution in [0.2, 0.25) is 0 Å². The van der Waals surface area contributed by atoms with Gasteiger partial charge in [0.15, 0.2) is 5.17 Å². The number of thioether (sulfide) groups is 1. The van der Waals surface area contributed by atoms with E-state index < -0.39 is 0 Å². The lowest BCUT2D eigenvalue weighted by molar-refractivity contribution is 0.110. The fraction of sp³-hybridized carbons (Fsp3) is 0.875. The summed E-state index contributed by atoms with van der Waals surface area (Å²) in [5, 5.41) is 7.55. The Morgan fingerprint density at radius 1 is 1.62 bits per heavy atom. The Labute approximate surface area is 82.9 Å². The minimum Gasteiger partial charge on any atom is -0.366 e. The molecule has 13 heavy (non-hydrogen) atoms. The van der Waals surface area contributed by atoms with E-state index in [1.54, 1.807) is 11.8 Å². The summed E-state index contributed by atoms with van der Waals surface area (Å²) in [5.41, 5.74) is 0.287. The second-order valence-corrected chi connectivity index (χ2v) is 4.34. The van der Waals surface area contributed by atoms with Gasteiger partial charge in [0.2, 0.25) is 0 Å². The smallest absolute Gasteiger partial charge is 0.185 e. The second-order valence-electron chi connectivity index (χ2n) is 3.21. The Hall–Kier alpha value is -0.420. The van der Waals surface area contributed by atoms with E-state index in [2.05, 4.69) is 10.0 Å². The largest absolute Gasteiger partial charge is 0.366 e. The monoisotopic (exact) mass is 201 g/mol. The van der Waals surface area contributed by atoms with Gasteiger partial charge in [-0.3, -0.25) is 5.01 Å². The molecule has 2 heterocycles. The van der Waals surface area contributed by atoms with E-state index in [0.29, 0.717) is 0 Å². The van der Waals surface area contributed by atoms with Crippen molar-refractivity contribution < 1.29 is 4.74 Å². The highest BCUT2D eigenvalue weighted by Crippen LogP contribution is 2.28. The summed E-state index contributed by atoms with van der Waals surface area (Å²) in [5.74, 6) is 0. The lowest BCUT2D eigenvalue weighted by Gasteiger charge is -2.27. The molecule has 5 heteroatoms. The molecule has 2 aliphatic rings. The molecule has 0 spiro atoms. The maximum absolute atomic E-state index is 5.55. The van der Waals surface area contributed by atoms with Gasteiger partial charge in [-0.05, 0) is 6.92 Å². The number of nitrogens with zero attached hydrogens (tertiary/aromatic N) is 3. The minimum absolute atomic E-state index is 0.287. The van der Waals surface area contributed by atoms with Crippen molar-refractivity contribution in [1.82, 2.24) is 9.91 Å². The highest BCUT2D eigenvalue weighted by Gasteiger charge is 2.31. The van der Waals surface area contributed by atoms with Gasteiger partial charge in [0.25, 0.3) is 0 Å². The van der Waals surface area contributed by atoms with Gasteiger partial charge >= 0.3 is 0 Å². The first kappa shape index (κ1) is 9.15. The van der Waals surface area contributed by atoms with Crippen molar-refractivity contribution in [3.05, 3.63) is 0 Å². The summed E-state index contributed by atoms with van der Waals surface area (Å²) in [6.45, 7) is 5.90. The molecule has 0 amide bonds. The van der Waals surface area contributed by atoms with Crippen LogP contribution in [-0.2, 0) is 4.74 Å². The average Bonchev–Trinajstić information content (AvgIpc) is 2.46. The quantitative estimate of drug-likeness (QED) is 0.654. The van der Waals surface area contributed by atoms with E-state index in [-0.39, 0.29) is 5.44 Å². The number of likely N-dealkylation sites (N-methyl/N-ethyl adjacent to an activating group) is 1. The zero-order valence-electron chi connectivity index (χ0n) is 8.06. The zero-order chi connectivity index (χ0) is 9.26. The average molecular weight is 201 g/mol. The molecule has 1 unspecified atom stereocenters. The molecule has 0 aromatic carbocycles. The van der Waals surface area contributed by atoms with E-state index in [4.69, 9.17) is 4.74 Å². The minimum atomic E-state index is 0.287. The molecule has 0 bridgehead atoms. The van der Waals surface area contributed by atoms with Gasteiger partial charge in [-0.2, -0.15) is 5.10 Å². The predicted molar refractivity (Wildman–Crippen MR) is 54.6 cm³/mol. The Morgan fingerprint density at radius 3 is 3.23 bits per heavy atom. The molecule has 0 aromatic heterocycles. The van der Waals surface area contributed by atoms with Crippen molar-refractivity contribution in [1.29, 1.82) is 0 Å².